The summed E-state index contributed by atoms with van der Waals surface area (Å²) in [6, 6.07) is 15.2. The van der Waals surface area contributed by atoms with Crippen molar-refractivity contribution in [1.82, 2.24) is 4.90 Å². The number of carbonyl (C=O) groups excluding carboxylic acids is 2. The molecule has 2 amide bonds. The monoisotopic (exact) mass is 461 g/mol. The van der Waals surface area contributed by atoms with E-state index in [-0.39, 0.29) is 11.8 Å². The SMILES string of the molecule is C=CCN(CC=C)CN1C(=O)/C(=C2\SC(=S)N(c3cccc(C)c3)C2=O)c2ccccc21. The Hall–Kier alpha value is -3.00. The molecule has 1 saturated heterocycles. The number of aryl methyl sites for hydroxylation is 1. The summed E-state index contributed by atoms with van der Waals surface area (Å²) >= 11 is 6.72. The molecule has 7 heteroatoms. The van der Waals surface area contributed by atoms with Crippen LogP contribution in [0.4, 0.5) is 11.4 Å². The van der Waals surface area contributed by atoms with Gasteiger partial charge in [0, 0.05) is 18.7 Å². The van der Waals surface area contributed by atoms with Gasteiger partial charge in [-0.1, -0.05) is 66.5 Å². The predicted molar refractivity (Wildman–Crippen MR) is 137 cm³/mol. The summed E-state index contributed by atoms with van der Waals surface area (Å²) < 4.78 is 0.423. The molecule has 2 aliphatic rings. The van der Waals surface area contributed by atoms with Gasteiger partial charge in [-0.3, -0.25) is 24.3 Å². The van der Waals surface area contributed by atoms with Gasteiger partial charge in [0.05, 0.1) is 28.5 Å². The number of nitrogens with zero attached hydrogens (tertiary/aromatic N) is 3. The lowest BCUT2D eigenvalue weighted by Gasteiger charge is -2.26. The van der Waals surface area contributed by atoms with Gasteiger partial charge < -0.3 is 0 Å². The van der Waals surface area contributed by atoms with Gasteiger partial charge in [0.1, 0.15) is 0 Å². The zero-order valence-electron chi connectivity index (χ0n) is 17.8. The second kappa shape index (κ2) is 9.24. The maximum atomic E-state index is 13.6. The molecule has 32 heavy (non-hydrogen) atoms. The quantitative estimate of drug-likeness (QED) is 0.338. The van der Waals surface area contributed by atoms with Crippen LogP contribution in [0.25, 0.3) is 5.57 Å². The fourth-order valence-corrected chi connectivity index (χ4v) is 5.27. The second-order valence-corrected chi connectivity index (χ2v) is 9.20. The maximum Gasteiger partial charge on any atom is 0.271 e. The summed E-state index contributed by atoms with van der Waals surface area (Å²) in [7, 11) is 0. The summed E-state index contributed by atoms with van der Waals surface area (Å²) in [4.78, 5) is 32.7. The minimum atomic E-state index is -0.264. The van der Waals surface area contributed by atoms with Crippen LogP contribution >= 0.6 is 24.0 Å². The molecule has 0 radical (unpaired) electrons. The Balaban J connectivity index is 1.76. The Morgan fingerprint density at radius 1 is 1.03 bits per heavy atom. The van der Waals surface area contributed by atoms with E-state index in [0.29, 0.717) is 40.2 Å². The minimum absolute atomic E-state index is 0.200. The summed E-state index contributed by atoms with van der Waals surface area (Å²) in [5, 5.41) is 0. The van der Waals surface area contributed by atoms with Crippen molar-refractivity contribution < 1.29 is 9.59 Å². The molecule has 0 N–H and O–H groups in total. The van der Waals surface area contributed by atoms with E-state index in [1.807, 2.05) is 55.5 Å². The third-order valence-electron chi connectivity index (χ3n) is 5.30. The van der Waals surface area contributed by atoms with Crippen molar-refractivity contribution in [3.05, 3.63) is 89.9 Å². The number of amides is 2. The van der Waals surface area contributed by atoms with Crippen LogP contribution in [0.1, 0.15) is 11.1 Å². The average molecular weight is 462 g/mol. The Kier molecular flexibility index (Phi) is 6.41. The van der Waals surface area contributed by atoms with Gasteiger partial charge in [-0.25, -0.2) is 0 Å². The zero-order valence-corrected chi connectivity index (χ0v) is 19.4. The van der Waals surface area contributed by atoms with Gasteiger partial charge in [0.25, 0.3) is 11.8 Å². The van der Waals surface area contributed by atoms with Gasteiger partial charge >= 0.3 is 0 Å². The highest BCUT2D eigenvalue weighted by Gasteiger charge is 2.42. The van der Waals surface area contributed by atoms with Gasteiger partial charge in [-0.05, 0) is 30.7 Å². The van der Waals surface area contributed by atoms with Crippen LogP contribution in [0.3, 0.4) is 0 Å². The summed E-state index contributed by atoms with van der Waals surface area (Å²) in [6.45, 7) is 11.2. The third kappa shape index (κ3) is 3.95. The summed E-state index contributed by atoms with van der Waals surface area (Å²) in [5.74, 6) is -0.464. The van der Waals surface area contributed by atoms with Crippen LogP contribution in [-0.4, -0.2) is 40.8 Å². The van der Waals surface area contributed by atoms with Crippen LogP contribution in [0.2, 0.25) is 0 Å². The van der Waals surface area contributed by atoms with Crippen LogP contribution in [0.5, 0.6) is 0 Å². The second-order valence-electron chi connectivity index (χ2n) is 7.56. The number of para-hydroxylation sites is 1. The van der Waals surface area contributed by atoms with Crippen molar-refractivity contribution in [3.8, 4) is 0 Å². The molecule has 2 aromatic carbocycles. The highest BCUT2D eigenvalue weighted by atomic mass is 32.2. The van der Waals surface area contributed by atoms with Gasteiger partial charge in [-0.15, -0.1) is 13.2 Å². The number of carbonyl (C=O) groups is 2. The molecule has 0 atom stereocenters. The molecule has 0 aromatic heterocycles. The number of benzene rings is 2. The first kappa shape index (κ1) is 22.2. The number of thiocarbonyl (C=S) groups is 1. The molecule has 0 aliphatic carbocycles. The molecule has 0 saturated carbocycles. The molecular formula is C25H23N3O2S2. The fraction of sp³-hybridized carbons (Fsp3) is 0.160. The third-order valence-corrected chi connectivity index (χ3v) is 6.67. The Bertz CT molecular complexity index is 1160. The Labute approximate surface area is 197 Å². The van der Waals surface area contributed by atoms with E-state index < -0.39 is 0 Å². The number of rotatable bonds is 7. The van der Waals surface area contributed by atoms with Gasteiger partial charge in [-0.2, -0.15) is 0 Å². The largest absolute Gasteiger partial charge is 0.294 e. The Morgan fingerprint density at radius 2 is 1.75 bits per heavy atom. The average Bonchev–Trinajstić information content (AvgIpc) is 3.21. The summed E-state index contributed by atoms with van der Waals surface area (Å²) in [5.41, 5.74) is 3.68. The molecular weight excluding hydrogens is 438 g/mol. The van der Waals surface area contributed by atoms with Crippen LogP contribution in [-0.2, 0) is 9.59 Å². The van der Waals surface area contributed by atoms with Crippen molar-refractivity contribution in [2.45, 2.75) is 6.92 Å². The number of fused-ring (bicyclic) bond motifs is 1. The molecule has 4 rings (SSSR count). The lowest BCUT2D eigenvalue weighted by atomic mass is 10.1. The van der Waals surface area contributed by atoms with Gasteiger partial charge in [0.15, 0.2) is 4.32 Å². The smallest absolute Gasteiger partial charge is 0.271 e. The minimum Gasteiger partial charge on any atom is -0.294 e. The van der Waals surface area contributed by atoms with E-state index in [1.165, 1.54) is 16.7 Å². The molecule has 1 fully saturated rings. The lowest BCUT2D eigenvalue weighted by Crippen LogP contribution is -2.40. The van der Waals surface area contributed by atoms with E-state index in [9.17, 15) is 9.59 Å². The first-order chi connectivity index (χ1) is 15.5. The topological polar surface area (TPSA) is 43.9 Å². The highest BCUT2D eigenvalue weighted by Crippen LogP contribution is 2.45. The van der Waals surface area contributed by atoms with E-state index in [0.717, 1.165) is 16.8 Å². The molecule has 2 heterocycles. The van der Waals surface area contributed by atoms with Crippen molar-refractivity contribution in [2.24, 2.45) is 0 Å². The molecule has 2 aromatic rings. The first-order valence-electron chi connectivity index (χ1n) is 10.2. The van der Waals surface area contributed by atoms with E-state index >= 15 is 0 Å². The summed E-state index contributed by atoms with van der Waals surface area (Å²) in [6.07, 6.45) is 3.59. The lowest BCUT2D eigenvalue weighted by molar-refractivity contribution is -0.115. The van der Waals surface area contributed by atoms with E-state index in [4.69, 9.17) is 12.2 Å². The fourth-order valence-electron chi connectivity index (χ4n) is 3.90. The van der Waals surface area contributed by atoms with Crippen LogP contribution in [0.15, 0.2) is 78.7 Å². The predicted octanol–water partition coefficient (Wildman–Crippen LogP) is 4.75. The normalized spacial score (nSPS) is 18.0. The van der Waals surface area contributed by atoms with Gasteiger partial charge in [0.2, 0.25) is 0 Å². The standard InChI is InChI=1S/C25H23N3O2S2/c1-4-13-26(14-5-2)16-27-20-12-7-6-11-19(20)21(23(27)29)22-24(30)28(25(31)32-22)18-10-8-9-17(3)15-18/h4-12,15H,1-2,13-14,16H2,3H3/b22-21-. The van der Waals surface area contributed by atoms with E-state index in [1.54, 1.807) is 17.1 Å². The molecule has 0 unspecified atom stereocenters. The number of anilines is 2. The van der Waals surface area contributed by atoms with Crippen molar-refractivity contribution in [2.75, 3.05) is 29.6 Å². The zero-order chi connectivity index (χ0) is 22.8. The first-order valence-corrected chi connectivity index (χ1v) is 11.4. The van der Waals surface area contributed by atoms with Crippen molar-refractivity contribution in [1.29, 1.82) is 0 Å². The number of hydrogen-bond donors (Lipinski definition) is 0. The van der Waals surface area contributed by atoms with Crippen LogP contribution < -0.4 is 9.80 Å². The molecule has 162 valence electrons. The van der Waals surface area contributed by atoms with Crippen molar-refractivity contribution >= 4 is 57.1 Å². The van der Waals surface area contributed by atoms with Crippen molar-refractivity contribution in [3.63, 3.8) is 0 Å². The maximum absolute atomic E-state index is 13.6. The molecule has 5 nitrogen and oxygen atoms in total. The number of hydrogen-bond acceptors (Lipinski definition) is 5. The highest BCUT2D eigenvalue weighted by molar-refractivity contribution is 8.27. The molecule has 0 spiro atoms. The molecule has 2 aliphatic heterocycles. The van der Waals surface area contributed by atoms with Crippen LogP contribution in [0, 0.1) is 6.92 Å². The van der Waals surface area contributed by atoms with E-state index in [2.05, 4.69) is 18.1 Å². The number of thioether (sulfide) groups is 1. The Morgan fingerprint density at radius 3 is 2.44 bits per heavy atom. The molecule has 0 bridgehead atoms.